The number of esters is 1. The van der Waals surface area contributed by atoms with E-state index in [4.69, 9.17) is 5.73 Å². The second-order valence-electron chi connectivity index (χ2n) is 2.95. The first kappa shape index (κ1) is 11.1. The maximum Gasteiger partial charge on any atom is 0.330 e. The molecule has 0 radical (unpaired) electrons. The van der Waals surface area contributed by atoms with Crippen LogP contribution in [0, 0.1) is 0 Å². The zero-order valence-corrected chi connectivity index (χ0v) is 8.78. The third kappa shape index (κ3) is 3.02. The molecule has 1 aromatic rings. The highest BCUT2D eigenvalue weighted by Gasteiger charge is 1.97. The Hall–Kier alpha value is -1.97. The lowest BCUT2D eigenvalue weighted by Gasteiger charge is -2.04. The summed E-state index contributed by atoms with van der Waals surface area (Å²) < 4.78 is 4.48. The lowest BCUT2D eigenvalue weighted by Crippen LogP contribution is -1.96. The van der Waals surface area contributed by atoms with Crippen LogP contribution in [0.1, 0.15) is 5.56 Å². The number of nitrogens with one attached hydrogen (secondary N) is 1. The summed E-state index contributed by atoms with van der Waals surface area (Å²) in [5.74, 6) is -0.383. The summed E-state index contributed by atoms with van der Waals surface area (Å²) in [6.45, 7) is 0. The van der Waals surface area contributed by atoms with Gasteiger partial charge in [-0.25, -0.2) is 4.79 Å². The molecule has 0 fully saturated rings. The molecule has 0 bridgehead atoms. The molecule has 4 nitrogen and oxygen atoms in total. The number of carbonyl (C=O) groups excluding carboxylic acids is 1. The molecule has 3 N–H and O–H groups in total. The average Bonchev–Trinajstić information content (AvgIpc) is 2.26. The van der Waals surface area contributed by atoms with Gasteiger partial charge in [-0.2, -0.15) is 0 Å². The molecule has 1 rings (SSSR count). The monoisotopic (exact) mass is 206 g/mol. The van der Waals surface area contributed by atoms with Crippen molar-refractivity contribution in [3.05, 3.63) is 29.8 Å². The van der Waals surface area contributed by atoms with Crippen LogP contribution in [0.15, 0.2) is 24.3 Å². The molecule has 0 saturated heterocycles. The fourth-order valence-corrected chi connectivity index (χ4v) is 1.14. The SMILES string of the molecule is CNc1ccc(C=CC(=O)OC)cc1N. The maximum absolute atomic E-state index is 10.8. The Labute approximate surface area is 88.7 Å². The molecule has 0 amide bonds. The summed E-state index contributed by atoms with van der Waals surface area (Å²) in [5.41, 5.74) is 8.13. The number of carbonyl (C=O) groups is 1. The number of hydrogen-bond acceptors (Lipinski definition) is 4. The van der Waals surface area contributed by atoms with Crippen molar-refractivity contribution < 1.29 is 9.53 Å². The minimum Gasteiger partial charge on any atom is -0.466 e. The average molecular weight is 206 g/mol. The summed E-state index contributed by atoms with van der Waals surface area (Å²) in [7, 11) is 3.14. The van der Waals surface area contributed by atoms with E-state index in [9.17, 15) is 4.79 Å². The van der Waals surface area contributed by atoms with E-state index in [0.717, 1.165) is 11.3 Å². The van der Waals surface area contributed by atoms with Crippen molar-refractivity contribution in [3.63, 3.8) is 0 Å². The third-order valence-electron chi connectivity index (χ3n) is 1.96. The van der Waals surface area contributed by atoms with Crippen molar-refractivity contribution >= 4 is 23.4 Å². The van der Waals surface area contributed by atoms with Gasteiger partial charge in [0.2, 0.25) is 0 Å². The summed E-state index contributed by atoms with van der Waals surface area (Å²) >= 11 is 0. The summed E-state index contributed by atoms with van der Waals surface area (Å²) in [6.07, 6.45) is 3.01. The van der Waals surface area contributed by atoms with Crippen molar-refractivity contribution in [2.45, 2.75) is 0 Å². The van der Waals surface area contributed by atoms with Crippen molar-refractivity contribution in [1.29, 1.82) is 0 Å². The summed E-state index contributed by atoms with van der Waals surface area (Å²) in [5, 5.41) is 2.96. The van der Waals surface area contributed by atoms with Crippen molar-refractivity contribution in [3.8, 4) is 0 Å². The molecular formula is C11H14N2O2. The quantitative estimate of drug-likeness (QED) is 0.447. The van der Waals surface area contributed by atoms with Gasteiger partial charge in [-0.1, -0.05) is 6.07 Å². The minimum absolute atomic E-state index is 0.383. The van der Waals surface area contributed by atoms with Crippen LogP contribution in [0.2, 0.25) is 0 Å². The predicted octanol–water partition coefficient (Wildman–Crippen LogP) is 1.50. The van der Waals surface area contributed by atoms with Gasteiger partial charge in [0.25, 0.3) is 0 Å². The molecule has 0 aliphatic carbocycles. The Morgan fingerprint density at radius 1 is 1.53 bits per heavy atom. The summed E-state index contributed by atoms with van der Waals surface area (Å²) in [4.78, 5) is 10.8. The molecule has 0 spiro atoms. The van der Waals surface area contributed by atoms with E-state index in [2.05, 4.69) is 10.1 Å². The molecule has 1 aromatic carbocycles. The zero-order valence-electron chi connectivity index (χ0n) is 8.78. The van der Waals surface area contributed by atoms with Gasteiger partial charge in [0.15, 0.2) is 0 Å². The minimum atomic E-state index is -0.383. The van der Waals surface area contributed by atoms with Gasteiger partial charge in [-0.05, 0) is 23.8 Å². The number of nitrogens with two attached hydrogens (primary N) is 1. The van der Waals surface area contributed by atoms with E-state index < -0.39 is 0 Å². The number of ether oxygens (including phenoxy) is 1. The van der Waals surface area contributed by atoms with Crippen LogP contribution in [0.4, 0.5) is 11.4 Å². The highest BCUT2D eigenvalue weighted by atomic mass is 16.5. The summed E-state index contributed by atoms with van der Waals surface area (Å²) in [6, 6.07) is 5.50. The van der Waals surface area contributed by atoms with Crippen LogP contribution in [0.5, 0.6) is 0 Å². The Morgan fingerprint density at radius 2 is 2.27 bits per heavy atom. The van der Waals surface area contributed by atoms with Crippen LogP contribution < -0.4 is 11.1 Å². The Kier molecular flexibility index (Phi) is 3.74. The van der Waals surface area contributed by atoms with E-state index in [0.29, 0.717) is 5.69 Å². The largest absolute Gasteiger partial charge is 0.466 e. The van der Waals surface area contributed by atoms with Gasteiger partial charge in [0.1, 0.15) is 0 Å². The molecule has 0 aliphatic rings. The normalized spacial score (nSPS) is 10.3. The van der Waals surface area contributed by atoms with E-state index in [-0.39, 0.29) is 5.97 Å². The fraction of sp³-hybridized carbons (Fsp3) is 0.182. The molecule has 0 atom stereocenters. The van der Waals surface area contributed by atoms with Gasteiger partial charge in [0.05, 0.1) is 18.5 Å². The van der Waals surface area contributed by atoms with Gasteiger partial charge in [-0.15, -0.1) is 0 Å². The Balaban J connectivity index is 2.84. The second kappa shape index (κ2) is 5.05. The van der Waals surface area contributed by atoms with E-state index in [1.54, 1.807) is 19.2 Å². The number of hydrogen-bond donors (Lipinski definition) is 2. The van der Waals surface area contributed by atoms with E-state index in [1.165, 1.54) is 13.2 Å². The molecule has 4 heteroatoms. The highest BCUT2D eigenvalue weighted by Crippen LogP contribution is 2.19. The van der Waals surface area contributed by atoms with Crippen molar-refractivity contribution in [1.82, 2.24) is 0 Å². The standard InChI is InChI=1S/C11H14N2O2/c1-13-10-5-3-8(7-9(10)12)4-6-11(14)15-2/h3-7,13H,12H2,1-2H3. The van der Waals surface area contributed by atoms with Crippen LogP contribution in [-0.2, 0) is 9.53 Å². The highest BCUT2D eigenvalue weighted by molar-refractivity contribution is 5.87. The zero-order chi connectivity index (χ0) is 11.3. The van der Waals surface area contributed by atoms with Crippen LogP contribution in [0.3, 0.4) is 0 Å². The predicted molar refractivity (Wildman–Crippen MR) is 61.5 cm³/mol. The van der Waals surface area contributed by atoms with E-state index >= 15 is 0 Å². The number of benzene rings is 1. The lowest BCUT2D eigenvalue weighted by atomic mass is 10.1. The van der Waals surface area contributed by atoms with Crippen molar-refractivity contribution in [2.24, 2.45) is 0 Å². The van der Waals surface area contributed by atoms with Crippen LogP contribution >= 0.6 is 0 Å². The van der Waals surface area contributed by atoms with Crippen LogP contribution in [0.25, 0.3) is 6.08 Å². The first-order valence-electron chi connectivity index (χ1n) is 4.50. The third-order valence-corrected chi connectivity index (χ3v) is 1.96. The first-order chi connectivity index (χ1) is 7.17. The molecule has 0 heterocycles. The maximum atomic E-state index is 10.8. The molecule has 15 heavy (non-hydrogen) atoms. The van der Waals surface area contributed by atoms with E-state index in [1.807, 2.05) is 12.1 Å². The van der Waals surface area contributed by atoms with Gasteiger partial charge in [-0.3, -0.25) is 0 Å². The van der Waals surface area contributed by atoms with Gasteiger partial charge >= 0.3 is 5.97 Å². The molecule has 0 saturated carbocycles. The van der Waals surface area contributed by atoms with Crippen LogP contribution in [-0.4, -0.2) is 20.1 Å². The van der Waals surface area contributed by atoms with Crippen molar-refractivity contribution in [2.75, 3.05) is 25.2 Å². The first-order valence-corrected chi connectivity index (χ1v) is 4.50. The topological polar surface area (TPSA) is 64.3 Å². The number of methoxy groups -OCH3 is 1. The molecule has 80 valence electrons. The molecule has 0 unspecified atom stereocenters. The lowest BCUT2D eigenvalue weighted by molar-refractivity contribution is -0.134. The second-order valence-corrected chi connectivity index (χ2v) is 2.95. The van der Waals surface area contributed by atoms with Gasteiger partial charge in [0, 0.05) is 13.1 Å². The molecule has 0 aliphatic heterocycles. The van der Waals surface area contributed by atoms with Gasteiger partial charge < -0.3 is 15.8 Å². The number of rotatable bonds is 3. The fourth-order valence-electron chi connectivity index (χ4n) is 1.14. The number of nitrogen functional groups attached to an aromatic ring is 1. The molecular weight excluding hydrogens is 192 g/mol. The smallest absolute Gasteiger partial charge is 0.330 e. The Morgan fingerprint density at radius 3 is 2.80 bits per heavy atom. The molecule has 0 aromatic heterocycles. The number of anilines is 2. The Bertz CT molecular complexity index is 386.